The van der Waals surface area contributed by atoms with E-state index in [0.717, 1.165) is 30.8 Å². The second-order valence-electron chi connectivity index (χ2n) is 6.34. The molecule has 1 aliphatic rings. The van der Waals surface area contributed by atoms with Crippen LogP contribution in [0, 0.1) is 0 Å². The number of nitrogens with zero attached hydrogens (tertiary/aromatic N) is 1. The summed E-state index contributed by atoms with van der Waals surface area (Å²) in [6.07, 6.45) is -5.51. The Balaban J connectivity index is 1.81. The maximum Gasteiger partial charge on any atom is 0.397 e. The Labute approximate surface area is 140 Å². The van der Waals surface area contributed by atoms with Gasteiger partial charge in [0.05, 0.1) is 12.2 Å². The molecule has 7 heteroatoms. The van der Waals surface area contributed by atoms with Crippen molar-refractivity contribution in [1.29, 1.82) is 0 Å². The molecule has 1 aromatic carbocycles. The average Bonchev–Trinajstić information content (AvgIpc) is 2.43. The van der Waals surface area contributed by atoms with Crippen LogP contribution in [0.4, 0.5) is 13.2 Å². The van der Waals surface area contributed by atoms with E-state index in [4.69, 9.17) is 4.74 Å². The van der Waals surface area contributed by atoms with Crippen molar-refractivity contribution in [3.63, 3.8) is 0 Å². The van der Waals surface area contributed by atoms with Crippen LogP contribution in [-0.4, -0.2) is 42.3 Å². The molecule has 0 unspecified atom stereocenters. The van der Waals surface area contributed by atoms with Crippen LogP contribution in [0.2, 0.25) is 0 Å². The van der Waals surface area contributed by atoms with Crippen LogP contribution in [-0.2, 0) is 22.6 Å². The van der Waals surface area contributed by atoms with Crippen molar-refractivity contribution in [2.75, 3.05) is 13.1 Å². The third kappa shape index (κ3) is 6.49. The van der Waals surface area contributed by atoms with Gasteiger partial charge in [0.1, 0.15) is 6.42 Å². The summed E-state index contributed by atoms with van der Waals surface area (Å²) in [7, 11) is 0. The number of amides is 1. The number of benzene rings is 1. The first kappa shape index (κ1) is 18.7. The number of alkyl halides is 3. The molecule has 1 saturated heterocycles. The number of hydrogen-bond acceptors (Lipinski definition) is 3. The molecule has 0 radical (unpaired) electrons. The molecule has 1 fully saturated rings. The van der Waals surface area contributed by atoms with Gasteiger partial charge >= 0.3 is 6.18 Å². The first-order chi connectivity index (χ1) is 11.2. The number of nitrogens with one attached hydrogen (secondary N) is 1. The van der Waals surface area contributed by atoms with Crippen LogP contribution in [0.3, 0.4) is 0 Å². The molecule has 1 heterocycles. The van der Waals surface area contributed by atoms with Gasteiger partial charge in [-0.1, -0.05) is 24.3 Å². The lowest BCUT2D eigenvalue weighted by Crippen LogP contribution is -2.44. The van der Waals surface area contributed by atoms with Gasteiger partial charge in [-0.2, -0.15) is 13.2 Å². The predicted molar refractivity (Wildman–Crippen MR) is 84.2 cm³/mol. The zero-order chi connectivity index (χ0) is 17.7. The summed E-state index contributed by atoms with van der Waals surface area (Å²) in [6, 6.07) is 7.54. The number of carbonyl (C=O) groups excluding carboxylic acids is 1. The fraction of sp³-hybridized carbons (Fsp3) is 0.588. The zero-order valence-corrected chi connectivity index (χ0v) is 13.9. The molecule has 0 aromatic heterocycles. The summed E-state index contributed by atoms with van der Waals surface area (Å²) in [5, 5.41) is 2.28. The molecular formula is C17H23F3N2O2. The highest BCUT2D eigenvalue weighted by molar-refractivity contribution is 5.76. The SMILES string of the molecule is C[C@@H]1CN(Cc2ccc(CNC(=O)CC(F)(F)F)cc2)C[C@@H](C)O1. The van der Waals surface area contributed by atoms with Gasteiger partial charge in [0.15, 0.2) is 0 Å². The van der Waals surface area contributed by atoms with Gasteiger partial charge in [0.2, 0.25) is 5.91 Å². The molecule has 0 aliphatic carbocycles. The Bertz CT molecular complexity index is 536. The fourth-order valence-corrected chi connectivity index (χ4v) is 2.88. The molecule has 2 rings (SSSR count). The summed E-state index contributed by atoms with van der Waals surface area (Å²) in [4.78, 5) is 13.5. The third-order valence-electron chi connectivity index (χ3n) is 3.78. The number of carbonyl (C=O) groups is 1. The molecule has 1 aromatic rings. The Morgan fingerprint density at radius 2 is 1.71 bits per heavy atom. The topological polar surface area (TPSA) is 41.6 Å². The van der Waals surface area contributed by atoms with Crippen LogP contribution in [0.5, 0.6) is 0 Å². The molecule has 2 atom stereocenters. The number of ether oxygens (including phenoxy) is 1. The van der Waals surface area contributed by atoms with Crippen LogP contribution in [0.15, 0.2) is 24.3 Å². The van der Waals surface area contributed by atoms with Crippen LogP contribution in [0.1, 0.15) is 31.4 Å². The van der Waals surface area contributed by atoms with Crippen molar-refractivity contribution >= 4 is 5.91 Å². The first-order valence-corrected chi connectivity index (χ1v) is 8.00. The lowest BCUT2D eigenvalue weighted by Gasteiger charge is -2.35. The Kier molecular flexibility index (Phi) is 6.23. The predicted octanol–water partition coefficient (Wildman–Crippen LogP) is 2.86. The van der Waals surface area contributed by atoms with E-state index in [-0.39, 0.29) is 18.8 Å². The maximum absolute atomic E-state index is 12.1. The summed E-state index contributed by atoms with van der Waals surface area (Å²) in [5.74, 6) is -1.01. The van der Waals surface area contributed by atoms with Gasteiger partial charge in [0, 0.05) is 26.2 Å². The highest BCUT2D eigenvalue weighted by Gasteiger charge is 2.30. The molecule has 0 bridgehead atoms. The van der Waals surface area contributed by atoms with Crippen molar-refractivity contribution in [2.45, 2.75) is 51.7 Å². The molecule has 134 valence electrons. The van der Waals surface area contributed by atoms with E-state index in [0.29, 0.717) is 0 Å². The monoisotopic (exact) mass is 344 g/mol. The molecule has 1 aliphatic heterocycles. The van der Waals surface area contributed by atoms with E-state index in [9.17, 15) is 18.0 Å². The normalized spacial score (nSPS) is 22.4. The van der Waals surface area contributed by atoms with Gasteiger partial charge in [-0.15, -0.1) is 0 Å². The molecule has 0 spiro atoms. The van der Waals surface area contributed by atoms with Gasteiger partial charge in [-0.3, -0.25) is 9.69 Å². The number of rotatable bonds is 5. The highest BCUT2D eigenvalue weighted by Crippen LogP contribution is 2.19. The minimum absolute atomic E-state index is 0.0980. The minimum Gasteiger partial charge on any atom is -0.373 e. The molecule has 1 amide bonds. The summed E-state index contributed by atoms with van der Waals surface area (Å²) >= 11 is 0. The van der Waals surface area contributed by atoms with Crippen molar-refractivity contribution < 1.29 is 22.7 Å². The van der Waals surface area contributed by atoms with Crippen molar-refractivity contribution in [2.24, 2.45) is 0 Å². The minimum atomic E-state index is -4.47. The second-order valence-corrected chi connectivity index (χ2v) is 6.34. The lowest BCUT2D eigenvalue weighted by molar-refractivity contribution is -0.153. The smallest absolute Gasteiger partial charge is 0.373 e. The van der Waals surface area contributed by atoms with E-state index in [1.54, 1.807) is 0 Å². The summed E-state index contributed by atoms with van der Waals surface area (Å²) in [6.45, 7) is 6.75. The van der Waals surface area contributed by atoms with Crippen molar-refractivity contribution in [3.8, 4) is 0 Å². The van der Waals surface area contributed by atoms with E-state index in [1.165, 1.54) is 0 Å². The largest absolute Gasteiger partial charge is 0.397 e. The van der Waals surface area contributed by atoms with Crippen molar-refractivity contribution in [3.05, 3.63) is 35.4 Å². The molecule has 4 nitrogen and oxygen atoms in total. The molecule has 1 N–H and O–H groups in total. The summed E-state index contributed by atoms with van der Waals surface area (Å²) in [5.41, 5.74) is 1.90. The molecular weight excluding hydrogens is 321 g/mol. The lowest BCUT2D eigenvalue weighted by atomic mass is 10.1. The van der Waals surface area contributed by atoms with Gasteiger partial charge in [-0.25, -0.2) is 0 Å². The quantitative estimate of drug-likeness (QED) is 0.893. The van der Waals surface area contributed by atoms with Crippen LogP contribution >= 0.6 is 0 Å². The number of halogens is 3. The zero-order valence-electron chi connectivity index (χ0n) is 13.9. The molecule has 0 saturated carbocycles. The third-order valence-corrected chi connectivity index (χ3v) is 3.78. The summed E-state index contributed by atoms with van der Waals surface area (Å²) < 4.78 is 42.0. The van der Waals surface area contributed by atoms with Crippen molar-refractivity contribution in [1.82, 2.24) is 10.2 Å². The maximum atomic E-state index is 12.1. The second kappa shape index (κ2) is 7.98. The van der Waals surface area contributed by atoms with E-state index in [1.807, 2.05) is 24.3 Å². The van der Waals surface area contributed by atoms with E-state index in [2.05, 4.69) is 24.1 Å². The van der Waals surface area contributed by atoms with Gasteiger partial charge in [-0.05, 0) is 25.0 Å². The Morgan fingerprint density at radius 1 is 1.17 bits per heavy atom. The number of hydrogen-bond donors (Lipinski definition) is 1. The van der Waals surface area contributed by atoms with Crippen LogP contribution < -0.4 is 5.32 Å². The van der Waals surface area contributed by atoms with Crippen LogP contribution in [0.25, 0.3) is 0 Å². The van der Waals surface area contributed by atoms with Gasteiger partial charge in [0.25, 0.3) is 0 Å². The van der Waals surface area contributed by atoms with E-state index < -0.39 is 18.5 Å². The first-order valence-electron chi connectivity index (χ1n) is 8.00. The fourth-order valence-electron chi connectivity index (χ4n) is 2.88. The van der Waals surface area contributed by atoms with Gasteiger partial charge < -0.3 is 10.1 Å². The molecule has 24 heavy (non-hydrogen) atoms. The van der Waals surface area contributed by atoms with E-state index >= 15 is 0 Å². The Hall–Kier alpha value is -1.60. The number of morpholine rings is 1. The Morgan fingerprint density at radius 3 is 2.25 bits per heavy atom. The average molecular weight is 344 g/mol. The highest BCUT2D eigenvalue weighted by atomic mass is 19.4. The standard InChI is InChI=1S/C17H23F3N2O2/c1-12-9-22(10-13(2)24-12)11-15-5-3-14(4-6-15)8-21-16(23)7-17(18,19)20/h3-6,12-13H,7-11H2,1-2H3,(H,21,23)/t12-,13-/m1/s1.